The number of benzene rings is 1. The van der Waals surface area contributed by atoms with E-state index in [2.05, 4.69) is 31.2 Å². The Hall–Kier alpha value is -3.39. The third-order valence-electron chi connectivity index (χ3n) is 5.48. The molecule has 0 saturated carbocycles. The Kier molecular flexibility index (Phi) is 4.84. The zero-order chi connectivity index (χ0) is 20.5. The van der Waals surface area contributed by atoms with Gasteiger partial charge in [0.1, 0.15) is 11.3 Å². The molecule has 5 rings (SSSR count). The number of nitrogens with one attached hydrogen (secondary N) is 2. The van der Waals surface area contributed by atoms with Crippen LogP contribution in [0.25, 0.3) is 27.8 Å². The SMILES string of the molecule is CCOc1ccnc2[nH]c(=O)n(-c3ccc4nccc(N5CCCNCC5)c4c3)c12. The number of H-pyrrole nitrogens is 1. The lowest BCUT2D eigenvalue weighted by atomic mass is 10.1. The van der Waals surface area contributed by atoms with Gasteiger partial charge in [-0.3, -0.25) is 14.5 Å². The molecule has 1 saturated heterocycles. The van der Waals surface area contributed by atoms with E-state index in [0.717, 1.165) is 54.9 Å². The summed E-state index contributed by atoms with van der Waals surface area (Å²) >= 11 is 0. The number of nitrogens with zero attached hydrogens (tertiary/aromatic N) is 4. The molecule has 1 aliphatic rings. The van der Waals surface area contributed by atoms with Crippen LogP contribution in [0.4, 0.5) is 5.69 Å². The molecule has 154 valence electrons. The summed E-state index contributed by atoms with van der Waals surface area (Å²) in [6.07, 6.45) is 4.59. The van der Waals surface area contributed by atoms with Crippen molar-refractivity contribution in [3.63, 3.8) is 0 Å². The second-order valence-electron chi connectivity index (χ2n) is 7.33. The first-order valence-corrected chi connectivity index (χ1v) is 10.3. The summed E-state index contributed by atoms with van der Waals surface area (Å²) in [5.74, 6) is 0.631. The highest BCUT2D eigenvalue weighted by Crippen LogP contribution is 2.30. The zero-order valence-electron chi connectivity index (χ0n) is 16.9. The van der Waals surface area contributed by atoms with Crippen molar-refractivity contribution >= 4 is 27.8 Å². The Morgan fingerprint density at radius 1 is 1.10 bits per heavy atom. The Morgan fingerprint density at radius 2 is 2.00 bits per heavy atom. The van der Waals surface area contributed by atoms with E-state index in [-0.39, 0.29) is 5.69 Å². The van der Waals surface area contributed by atoms with Crippen LogP contribution in [0.3, 0.4) is 0 Å². The molecule has 2 N–H and O–H groups in total. The molecule has 0 amide bonds. The fourth-order valence-corrected chi connectivity index (χ4v) is 4.14. The highest BCUT2D eigenvalue weighted by atomic mass is 16.5. The van der Waals surface area contributed by atoms with E-state index >= 15 is 0 Å². The molecule has 8 nitrogen and oxygen atoms in total. The molecule has 0 aliphatic carbocycles. The second-order valence-corrected chi connectivity index (χ2v) is 7.33. The van der Waals surface area contributed by atoms with E-state index in [4.69, 9.17) is 4.74 Å². The number of hydrogen-bond acceptors (Lipinski definition) is 6. The van der Waals surface area contributed by atoms with Gasteiger partial charge in [0.15, 0.2) is 5.65 Å². The van der Waals surface area contributed by atoms with Crippen LogP contribution in [-0.2, 0) is 0 Å². The lowest BCUT2D eigenvalue weighted by Gasteiger charge is -2.24. The first-order valence-electron chi connectivity index (χ1n) is 10.3. The maximum atomic E-state index is 12.8. The third kappa shape index (κ3) is 3.19. The molecule has 1 aromatic carbocycles. The quantitative estimate of drug-likeness (QED) is 0.543. The highest BCUT2D eigenvalue weighted by Gasteiger charge is 2.17. The Bertz CT molecular complexity index is 1250. The van der Waals surface area contributed by atoms with Gasteiger partial charge in [0.2, 0.25) is 0 Å². The predicted octanol–water partition coefficient (Wildman–Crippen LogP) is 2.46. The third-order valence-corrected chi connectivity index (χ3v) is 5.48. The summed E-state index contributed by atoms with van der Waals surface area (Å²) in [6.45, 7) is 6.34. The topological polar surface area (TPSA) is 88.1 Å². The summed E-state index contributed by atoms with van der Waals surface area (Å²) in [4.78, 5) is 26.9. The number of anilines is 1. The van der Waals surface area contributed by atoms with Gasteiger partial charge in [-0.05, 0) is 44.2 Å². The van der Waals surface area contributed by atoms with Gasteiger partial charge in [-0.25, -0.2) is 9.78 Å². The smallest absolute Gasteiger partial charge is 0.332 e. The fraction of sp³-hybridized carbons (Fsp3) is 0.318. The highest BCUT2D eigenvalue weighted by molar-refractivity contribution is 5.93. The molecule has 1 fully saturated rings. The fourth-order valence-electron chi connectivity index (χ4n) is 4.14. The molecule has 0 bridgehead atoms. The minimum atomic E-state index is -0.242. The van der Waals surface area contributed by atoms with Gasteiger partial charge in [-0.1, -0.05) is 0 Å². The van der Waals surface area contributed by atoms with E-state index < -0.39 is 0 Å². The second kappa shape index (κ2) is 7.79. The van der Waals surface area contributed by atoms with Crippen molar-refractivity contribution in [3.05, 3.63) is 53.2 Å². The molecular weight excluding hydrogens is 380 g/mol. The summed E-state index contributed by atoms with van der Waals surface area (Å²) in [5.41, 5.74) is 3.72. The molecular formula is C22H24N6O2. The number of ether oxygens (including phenoxy) is 1. The van der Waals surface area contributed by atoms with Crippen LogP contribution in [0.15, 0.2) is 47.5 Å². The molecule has 4 aromatic rings. The van der Waals surface area contributed by atoms with E-state index in [1.54, 1.807) is 16.8 Å². The molecule has 30 heavy (non-hydrogen) atoms. The number of pyridine rings is 2. The maximum absolute atomic E-state index is 12.8. The standard InChI is InChI=1S/C22H24N6O2/c1-2-30-19-7-10-25-21-20(19)28(22(29)26-21)15-4-5-17-16(14-15)18(6-9-24-17)27-12-3-8-23-11-13-27/h4-7,9-10,14,23H,2-3,8,11-13H2,1H3,(H,25,26,29). The van der Waals surface area contributed by atoms with E-state index in [1.165, 1.54) is 0 Å². The van der Waals surface area contributed by atoms with Crippen LogP contribution in [0, 0.1) is 0 Å². The number of imidazole rings is 1. The van der Waals surface area contributed by atoms with Crippen LogP contribution >= 0.6 is 0 Å². The van der Waals surface area contributed by atoms with Crippen molar-refractivity contribution in [2.45, 2.75) is 13.3 Å². The molecule has 8 heteroatoms. The minimum absolute atomic E-state index is 0.242. The van der Waals surface area contributed by atoms with Crippen LogP contribution in [0.2, 0.25) is 0 Å². The number of fused-ring (bicyclic) bond motifs is 2. The van der Waals surface area contributed by atoms with Crippen LogP contribution in [0.5, 0.6) is 5.75 Å². The average Bonchev–Trinajstić information content (AvgIpc) is 2.92. The molecule has 0 unspecified atom stereocenters. The monoisotopic (exact) mass is 404 g/mol. The van der Waals surface area contributed by atoms with Gasteiger partial charge in [0.25, 0.3) is 0 Å². The lowest BCUT2D eigenvalue weighted by molar-refractivity contribution is 0.343. The lowest BCUT2D eigenvalue weighted by Crippen LogP contribution is -2.28. The molecule has 0 spiro atoms. The normalized spacial score (nSPS) is 14.9. The van der Waals surface area contributed by atoms with Crippen molar-refractivity contribution in [1.82, 2.24) is 24.8 Å². The van der Waals surface area contributed by atoms with Gasteiger partial charge in [-0.2, -0.15) is 0 Å². The van der Waals surface area contributed by atoms with Gasteiger partial charge in [-0.15, -0.1) is 0 Å². The molecule has 0 radical (unpaired) electrons. The average molecular weight is 404 g/mol. The molecule has 3 aromatic heterocycles. The van der Waals surface area contributed by atoms with Crippen molar-refractivity contribution in [2.24, 2.45) is 0 Å². The van der Waals surface area contributed by atoms with Crippen molar-refractivity contribution in [1.29, 1.82) is 0 Å². The Morgan fingerprint density at radius 3 is 2.90 bits per heavy atom. The maximum Gasteiger partial charge on any atom is 0.332 e. The molecule has 0 atom stereocenters. The summed E-state index contributed by atoms with van der Waals surface area (Å²) in [6, 6.07) is 9.76. The van der Waals surface area contributed by atoms with E-state index in [0.29, 0.717) is 23.5 Å². The van der Waals surface area contributed by atoms with Crippen molar-refractivity contribution in [3.8, 4) is 11.4 Å². The van der Waals surface area contributed by atoms with Gasteiger partial charge in [0, 0.05) is 49.2 Å². The summed E-state index contributed by atoms with van der Waals surface area (Å²) in [5, 5.41) is 4.47. The van der Waals surface area contributed by atoms with E-state index in [1.807, 2.05) is 31.3 Å². The molecule has 4 heterocycles. The van der Waals surface area contributed by atoms with Crippen molar-refractivity contribution < 1.29 is 4.74 Å². The van der Waals surface area contributed by atoms with Gasteiger partial charge in [0.05, 0.1) is 17.8 Å². The van der Waals surface area contributed by atoms with Crippen molar-refractivity contribution in [2.75, 3.05) is 37.7 Å². The number of aromatic amines is 1. The Balaban J connectivity index is 1.70. The first-order chi connectivity index (χ1) is 14.8. The number of aromatic nitrogens is 4. The summed E-state index contributed by atoms with van der Waals surface area (Å²) < 4.78 is 7.40. The predicted molar refractivity (Wildman–Crippen MR) is 118 cm³/mol. The van der Waals surface area contributed by atoms with E-state index in [9.17, 15) is 4.79 Å². The Labute approximate surface area is 173 Å². The van der Waals surface area contributed by atoms with Crippen LogP contribution < -0.4 is 20.6 Å². The number of rotatable bonds is 4. The van der Waals surface area contributed by atoms with Gasteiger partial charge < -0.3 is 15.0 Å². The van der Waals surface area contributed by atoms with Crippen LogP contribution in [0.1, 0.15) is 13.3 Å². The largest absolute Gasteiger partial charge is 0.491 e. The molecule has 1 aliphatic heterocycles. The number of hydrogen-bond donors (Lipinski definition) is 2. The zero-order valence-corrected chi connectivity index (χ0v) is 16.9. The van der Waals surface area contributed by atoms with Crippen LogP contribution in [-0.4, -0.2) is 52.3 Å². The van der Waals surface area contributed by atoms with Gasteiger partial charge >= 0.3 is 5.69 Å². The first kappa shape index (κ1) is 18.6. The summed E-state index contributed by atoms with van der Waals surface area (Å²) in [7, 11) is 0. The minimum Gasteiger partial charge on any atom is -0.491 e.